The second-order valence-corrected chi connectivity index (χ2v) is 12.3. The van der Waals surface area contributed by atoms with Crippen molar-refractivity contribution in [3.8, 4) is 6.07 Å². The molecule has 0 saturated carbocycles. The van der Waals surface area contributed by atoms with Gasteiger partial charge in [0.25, 0.3) is 10.1 Å². The quantitative estimate of drug-likeness (QED) is 0.524. The summed E-state index contributed by atoms with van der Waals surface area (Å²) in [6.07, 6.45) is 0.596. The summed E-state index contributed by atoms with van der Waals surface area (Å²) < 4.78 is 48.2. The first-order chi connectivity index (χ1) is 17.8. The minimum absolute atomic E-state index is 0.0853. The van der Waals surface area contributed by atoms with Gasteiger partial charge in [-0.15, -0.1) is 0 Å². The molecule has 2 aromatic carbocycles. The van der Waals surface area contributed by atoms with Gasteiger partial charge in [-0.25, -0.2) is 9.18 Å². The van der Waals surface area contributed by atoms with Gasteiger partial charge in [0.2, 0.25) is 0 Å². The van der Waals surface area contributed by atoms with Gasteiger partial charge in [0, 0.05) is 39.3 Å². The number of carbonyl (C=O) groups is 1. The molecule has 1 unspecified atom stereocenters. The van der Waals surface area contributed by atoms with Crippen molar-refractivity contribution in [2.75, 3.05) is 43.9 Å². The van der Waals surface area contributed by atoms with Crippen molar-refractivity contribution in [1.29, 1.82) is 5.26 Å². The van der Waals surface area contributed by atoms with E-state index in [9.17, 15) is 17.6 Å². The molecule has 4 rings (SSSR count). The third-order valence-electron chi connectivity index (χ3n) is 6.58. The lowest BCUT2D eigenvalue weighted by Crippen LogP contribution is -2.52. The average Bonchev–Trinajstić information content (AvgIpc) is 2.85. The van der Waals surface area contributed by atoms with Crippen molar-refractivity contribution in [1.82, 2.24) is 9.80 Å². The Bertz CT molecular complexity index is 1340. The fourth-order valence-electron chi connectivity index (χ4n) is 4.85. The number of hydrogen-bond acceptors (Lipinski definition) is 8. The number of amides is 1. The molecule has 1 fully saturated rings. The highest BCUT2D eigenvalue weighted by Gasteiger charge is 2.35. The largest absolute Gasteiger partial charge is 0.444 e. The minimum atomic E-state index is -3.59. The molecule has 2 aromatic rings. The van der Waals surface area contributed by atoms with Crippen molar-refractivity contribution >= 4 is 21.9 Å². The normalized spacial score (nSPS) is 18.6. The molecule has 1 atom stereocenters. The molecule has 11 heteroatoms. The van der Waals surface area contributed by atoms with E-state index in [0.717, 1.165) is 17.4 Å². The first-order valence-electron chi connectivity index (χ1n) is 12.5. The number of piperazine rings is 1. The second kappa shape index (κ2) is 10.9. The number of carbonyl (C=O) groups excluding carboxylic acids is 1. The van der Waals surface area contributed by atoms with E-state index in [1.165, 1.54) is 6.07 Å². The molecule has 38 heavy (non-hydrogen) atoms. The van der Waals surface area contributed by atoms with Crippen molar-refractivity contribution in [2.45, 2.75) is 45.6 Å². The number of ether oxygens (including phenoxy) is 1. The lowest BCUT2D eigenvalue weighted by molar-refractivity contribution is 0.0130. The highest BCUT2D eigenvalue weighted by atomic mass is 32.2. The monoisotopic (exact) mass is 544 g/mol. The van der Waals surface area contributed by atoms with Crippen molar-refractivity contribution in [2.24, 2.45) is 0 Å². The van der Waals surface area contributed by atoms with Gasteiger partial charge in [-0.2, -0.15) is 13.7 Å². The van der Waals surface area contributed by atoms with E-state index in [2.05, 4.69) is 4.90 Å². The van der Waals surface area contributed by atoms with Crippen LogP contribution in [-0.2, 0) is 32.2 Å². The third-order valence-corrected chi connectivity index (χ3v) is 7.13. The molecular formula is C27H33FN4O5S. The smallest absolute Gasteiger partial charge is 0.410 e. The minimum Gasteiger partial charge on any atom is -0.444 e. The topological polar surface area (TPSA) is 103 Å². The molecule has 1 saturated heterocycles. The lowest BCUT2D eigenvalue weighted by Gasteiger charge is -2.44. The molecule has 2 aliphatic rings. The number of nitriles is 1. The number of fused-ring (bicyclic) bond motifs is 1. The predicted molar refractivity (Wildman–Crippen MR) is 140 cm³/mol. The van der Waals surface area contributed by atoms with Crippen LogP contribution in [0.15, 0.2) is 36.4 Å². The van der Waals surface area contributed by atoms with Crippen LogP contribution in [0.3, 0.4) is 0 Å². The number of halogens is 1. The standard InChI is InChI=1S/C27H33FN4O5S/c1-27(2,3)37-26(33)32-16-21-13-20(18-36-38(4,34)35)5-7-22(21)25(17-32)31-11-9-30(10-12-31)24-8-6-19(15-29)14-23(24)28/h5-8,13-14,25H,9-12,16-18H2,1-4H3. The summed E-state index contributed by atoms with van der Waals surface area (Å²) in [5.41, 5.74) is 2.77. The Morgan fingerprint density at radius 2 is 1.84 bits per heavy atom. The molecule has 1 amide bonds. The van der Waals surface area contributed by atoms with Gasteiger partial charge in [0.05, 0.1) is 36.2 Å². The Labute approximate surface area is 223 Å². The third kappa shape index (κ3) is 6.81. The summed E-state index contributed by atoms with van der Waals surface area (Å²) in [6.45, 7) is 8.61. The second-order valence-electron chi connectivity index (χ2n) is 10.7. The highest BCUT2D eigenvalue weighted by molar-refractivity contribution is 7.85. The summed E-state index contributed by atoms with van der Waals surface area (Å²) in [5, 5.41) is 9.02. The van der Waals surface area contributed by atoms with Gasteiger partial charge in [-0.3, -0.25) is 9.08 Å². The molecule has 204 valence electrons. The predicted octanol–water partition coefficient (Wildman–Crippen LogP) is 3.79. The van der Waals surface area contributed by atoms with Crippen molar-refractivity contribution in [3.05, 3.63) is 64.5 Å². The van der Waals surface area contributed by atoms with E-state index in [4.69, 9.17) is 14.2 Å². The molecule has 0 radical (unpaired) electrons. The fourth-order valence-corrected chi connectivity index (χ4v) is 5.20. The van der Waals surface area contributed by atoms with Crippen LogP contribution in [0.4, 0.5) is 14.9 Å². The van der Waals surface area contributed by atoms with Crippen LogP contribution in [0.1, 0.15) is 49.1 Å². The summed E-state index contributed by atoms with van der Waals surface area (Å²) in [5.74, 6) is -0.416. The molecular weight excluding hydrogens is 511 g/mol. The summed E-state index contributed by atoms with van der Waals surface area (Å²) >= 11 is 0. The van der Waals surface area contributed by atoms with E-state index in [-0.39, 0.29) is 18.2 Å². The lowest BCUT2D eigenvalue weighted by atomic mass is 9.92. The van der Waals surface area contributed by atoms with E-state index in [1.807, 2.05) is 49.9 Å². The fraction of sp³-hybridized carbons (Fsp3) is 0.481. The molecule has 0 aromatic heterocycles. The van der Waals surface area contributed by atoms with Crippen LogP contribution >= 0.6 is 0 Å². The highest BCUT2D eigenvalue weighted by Crippen LogP contribution is 2.34. The molecule has 0 spiro atoms. The van der Waals surface area contributed by atoms with E-state index in [0.29, 0.717) is 50.5 Å². The van der Waals surface area contributed by atoms with Gasteiger partial charge in [0.1, 0.15) is 11.4 Å². The zero-order valence-electron chi connectivity index (χ0n) is 22.1. The van der Waals surface area contributed by atoms with Gasteiger partial charge >= 0.3 is 6.09 Å². The maximum absolute atomic E-state index is 14.6. The average molecular weight is 545 g/mol. The van der Waals surface area contributed by atoms with Gasteiger partial charge < -0.3 is 14.5 Å². The van der Waals surface area contributed by atoms with Crippen LogP contribution in [0.25, 0.3) is 0 Å². The van der Waals surface area contributed by atoms with Gasteiger partial charge in [-0.1, -0.05) is 18.2 Å². The van der Waals surface area contributed by atoms with Crippen molar-refractivity contribution < 1.29 is 26.5 Å². The number of anilines is 1. The molecule has 0 N–H and O–H groups in total. The van der Waals surface area contributed by atoms with Crippen molar-refractivity contribution in [3.63, 3.8) is 0 Å². The van der Waals surface area contributed by atoms with Gasteiger partial charge in [0.15, 0.2) is 0 Å². The molecule has 0 aliphatic carbocycles. The molecule has 9 nitrogen and oxygen atoms in total. The maximum atomic E-state index is 14.6. The Balaban J connectivity index is 1.55. The number of rotatable bonds is 5. The number of hydrogen-bond donors (Lipinski definition) is 0. The summed E-state index contributed by atoms with van der Waals surface area (Å²) in [4.78, 5) is 18.9. The van der Waals surface area contributed by atoms with Crippen LogP contribution < -0.4 is 4.90 Å². The van der Waals surface area contributed by atoms with Crippen LogP contribution in [0.5, 0.6) is 0 Å². The Hall–Kier alpha value is -3.20. The molecule has 2 heterocycles. The number of nitrogens with zero attached hydrogens (tertiary/aromatic N) is 4. The van der Waals surface area contributed by atoms with E-state index < -0.39 is 27.6 Å². The van der Waals surface area contributed by atoms with Gasteiger partial charge in [-0.05, 0) is 55.7 Å². The van der Waals surface area contributed by atoms with Crippen LogP contribution in [0, 0.1) is 17.1 Å². The summed E-state index contributed by atoms with van der Waals surface area (Å²) in [6, 6.07) is 12.1. The van der Waals surface area contributed by atoms with Crippen LogP contribution in [-0.4, -0.2) is 68.9 Å². The molecule has 2 aliphatic heterocycles. The summed E-state index contributed by atoms with van der Waals surface area (Å²) in [7, 11) is -3.59. The Morgan fingerprint density at radius 3 is 2.45 bits per heavy atom. The maximum Gasteiger partial charge on any atom is 0.410 e. The number of benzene rings is 2. The zero-order chi connectivity index (χ0) is 27.7. The SMILES string of the molecule is CC(C)(C)OC(=O)N1Cc2cc(COS(C)(=O)=O)ccc2C(N2CCN(c3ccc(C#N)cc3F)CC2)C1. The Morgan fingerprint density at radius 1 is 1.13 bits per heavy atom. The molecule has 0 bridgehead atoms. The van der Waals surface area contributed by atoms with Crippen LogP contribution in [0.2, 0.25) is 0 Å². The first-order valence-corrected chi connectivity index (χ1v) is 14.3. The first kappa shape index (κ1) is 27.8. The van der Waals surface area contributed by atoms with E-state index in [1.54, 1.807) is 17.0 Å². The Kier molecular flexibility index (Phi) is 7.97. The zero-order valence-corrected chi connectivity index (χ0v) is 22.9. The van der Waals surface area contributed by atoms with E-state index >= 15 is 0 Å².